The Balaban J connectivity index is 1.26. The number of aryl methyl sites for hydroxylation is 1. The molecule has 2 aromatic carbocycles. The topological polar surface area (TPSA) is 72.7 Å². The summed E-state index contributed by atoms with van der Waals surface area (Å²) < 4.78 is 15.5. The zero-order valence-electron chi connectivity index (χ0n) is 21.6. The number of carbonyl (C=O) groups excluding carboxylic acids is 1. The number of nitrogens with one attached hydrogen (secondary N) is 1. The van der Waals surface area contributed by atoms with Crippen molar-refractivity contribution in [2.45, 2.75) is 51.5 Å². The largest absolute Gasteiger partial charge is 0.344 e. The first kappa shape index (κ1) is 24.2. The normalized spacial score (nSPS) is 19.1. The van der Waals surface area contributed by atoms with Gasteiger partial charge in [-0.05, 0) is 61.9 Å². The van der Waals surface area contributed by atoms with Gasteiger partial charge in [-0.3, -0.25) is 9.78 Å². The molecule has 7 heteroatoms. The number of rotatable bonds is 6. The van der Waals surface area contributed by atoms with Crippen LogP contribution in [0.15, 0.2) is 84.3 Å². The minimum absolute atomic E-state index is 0.140. The van der Waals surface area contributed by atoms with E-state index in [4.69, 9.17) is 0 Å². The molecule has 3 atom stereocenters. The van der Waals surface area contributed by atoms with Gasteiger partial charge in [0.05, 0.1) is 35.5 Å². The molecule has 2 aromatic heterocycles. The molecule has 1 N–H and O–H groups in total. The van der Waals surface area contributed by atoms with Crippen LogP contribution < -0.4 is 5.32 Å². The van der Waals surface area contributed by atoms with Crippen LogP contribution in [0.3, 0.4) is 0 Å². The Hall–Kier alpha value is -4.13. The van der Waals surface area contributed by atoms with Gasteiger partial charge in [-0.2, -0.15) is 5.10 Å². The van der Waals surface area contributed by atoms with E-state index in [0.717, 1.165) is 42.6 Å². The highest BCUT2D eigenvalue weighted by Gasteiger charge is 2.37. The lowest BCUT2D eigenvalue weighted by Crippen LogP contribution is -2.31. The molecule has 2 aliphatic carbocycles. The third kappa shape index (κ3) is 4.53. The monoisotopic (exact) mass is 507 g/mol. The van der Waals surface area contributed by atoms with Gasteiger partial charge in [0.25, 0.3) is 5.91 Å². The van der Waals surface area contributed by atoms with Crippen LogP contribution in [0.2, 0.25) is 0 Å². The van der Waals surface area contributed by atoms with Gasteiger partial charge >= 0.3 is 0 Å². The van der Waals surface area contributed by atoms with E-state index in [0.29, 0.717) is 11.6 Å². The summed E-state index contributed by atoms with van der Waals surface area (Å²) in [7, 11) is 0. The van der Waals surface area contributed by atoms with Crippen LogP contribution in [0.4, 0.5) is 4.39 Å². The van der Waals surface area contributed by atoms with Gasteiger partial charge in [0, 0.05) is 24.1 Å². The van der Waals surface area contributed by atoms with Crippen molar-refractivity contribution in [3.05, 3.63) is 118 Å². The molecule has 0 bridgehead atoms. The lowest BCUT2D eigenvalue weighted by atomic mass is 9.77. The average molecular weight is 508 g/mol. The molecule has 6 rings (SSSR count). The Morgan fingerprint density at radius 1 is 1.08 bits per heavy atom. The smallest absolute Gasteiger partial charge is 0.271 e. The van der Waals surface area contributed by atoms with Crippen LogP contribution >= 0.6 is 0 Å². The van der Waals surface area contributed by atoms with Crippen molar-refractivity contribution in [3.63, 3.8) is 0 Å². The summed E-state index contributed by atoms with van der Waals surface area (Å²) in [6.45, 7) is 4.12. The summed E-state index contributed by atoms with van der Waals surface area (Å²) in [4.78, 5) is 21.6. The third-order valence-corrected chi connectivity index (χ3v) is 7.97. The third-order valence-electron chi connectivity index (χ3n) is 7.97. The number of benzene rings is 2. The minimum Gasteiger partial charge on any atom is -0.344 e. The van der Waals surface area contributed by atoms with E-state index in [1.54, 1.807) is 18.3 Å². The predicted octanol–water partition coefficient (Wildman–Crippen LogP) is 6.04. The molecule has 6 nitrogen and oxygen atoms in total. The molecular formula is C31H30FN5O. The van der Waals surface area contributed by atoms with E-state index in [1.807, 2.05) is 36.0 Å². The number of hydrogen-bond donors (Lipinski definition) is 1. The molecule has 38 heavy (non-hydrogen) atoms. The molecule has 0 spiro atoms. The lowest BCUT2D eigenvalue weighted by Gasteiger charge is -2.29. The van der Waals surface area contributed by atoms with Crippen LogP contribution in [0.1, 0.15) is 71.1 Å². The molecule has 192 valence electrons. The van der Waals surface area contributed by atoms with Crippen LogP contribution in [0.25, 0.3) is 5.69 Å². The number of carbonyl (C=O) groups is 1. The highest BCUT2D eigenvalue weighted by Crippen LogP contribution is 2.49. The fourth-order valence-electron chi connectivity index (χ4n) is 6.12. The Bertz CT molecular complexity index is 1490. The van der Waals surface area contributed by atoms with Crippen molar-refractivity contribution in [1.29, 1.82) is 0 Å². The van der Waals surface area contributed by atoms with Crippen LogP contribution in [-0.2, 0) is 6.42 Å². The maximum Gasteiger partial charge on any atom is 0.271 e. The standard InChI is InChI=1S/C31H30FN5O/c1-19-16-34-28(18-33-19)31(38)36-27(21-6-4-3-5-7-21)14-22-8-9-23-15-29-26(20(2)30(22)23)17-35-37(29)25-12-10-24(32)11-13-25/h3-7,10-13,16-18,20,22,27H,8-9,14-15H2,1-2H3,(H,36,38)/t20-,22+,27?/m0/s1. The van der Waals surface area contributed by atoms with Crippen molar-refractivity contribution in [3.8, 4) is 5.69 Å². The van der Waals surface area contributed by atoms with Gasteiger partial charge in [-0.1, -0.05) is 48.4 Å². The number of halogens is 1. The number of nitrogens with zero attached hydrogens (tertiary/aromatic N) is 4. The van der Waals surface area contributed by atoms with Gasteiger partial charge in [-0.15, -0.1) is 0 Å². The molecule has 2 heterocycles. The van der Waals surface area contributed by atoms with E-state index in [2.05, 4.69) is 39.4 Å². The first-order chi connectivity index (χ1) is 18.5. The van der Waals surface area contributed by atoms with Crippen molar-refractivity contribution >= 4 is 5.91 Å². The van der Waals surface area contributed by atoms with E-state index < -0.39 is 0 Å². The molecule has 4 aromatic rings. The number of amides is 1. The first-order valence-corrected chi connectivity index (χ1v) is 13.2. The Morgan fingerprint density at radius 2 is 1.87 bits per heavy atom. The molecular weight excluding hydrogens is 477 g/mol. The van der Waals surface area contributed by atoms with Gasteiger partial charge in [-0.25, -0.2) is 14.1 Å². The van der Waals surface area contributed by atoms with Gasteiger partial charge in [0.1, 0.15) is 11.5 Å². The van der Waals surface area contributed by atoms with Gasteiger partial charge in [0.15, 0.2) is 0 Å². The van der Waals surface area contributed by atoms with E-state index in [-0.39, 0.29) is 23.7 Å². The second-order valence-corrected chi connectivity index (χ2v) is 10.3. The van der Waals surface area contributed by atoms with Crippen molar-refractivity contribution in [2.75, 3.05) is 0 Å². The second-order valence-electron chi connectivity index (χ2n) is 10.3. The zero-order valence-corrected chi connectivity index (χ0v) is 21.6. The summed E-state index contributed by atoms with van der Waals surface area (Å²) in [5.41, 5.74) is 8.45. The van der Waals surface area contributed by atoms with Crippen LogP contribution in [0.5, 0.6) is 0 Å². The maximum absolute atomic E-state index is 13.5. The number of fused-ring (bicyclic) bond motifs is 1. The van der Waals surface area contributed by atoms with Crippen LogP contribution in [-0.4, -0.2) is 25.7 Å². The zero-order chi connectivity index (χ0) is 26.2. The first-order valence-electron chi connectivity index (χ1n) is 13.2. The second kappa shape index (κ2) is 9.97. The minimum atomic E-state index is -0.249. The Labute approximate surface area is 221 Å². The summed E-state index contributed by atoms with van der Waals surface area (Å²) >= 11 is 0. The highest BCUT2D eigenvalue weighted by molar-refractivity contribution is 5.92. The molecule has 0 fully saturated rings. The number of aromatic nitrogens is 4. The summed E-state index contributed by atoms with van der Waals surface area (Å²) in [5, 5.41) is 7.93. The molecule has 1 unspecified atom stereocenters. The number of hydrogen-bond acceptors (Lipinski definition) is 4. The average Bonchev–Trinajstić information content (AvgIpc) is 3.54. The van der Waals surface area contributed by atoms with Gasteiger partial charge in [0.2, 0.25) is 0 Å². The van der Waals surface area contributed by atoms with E-state index in [1.165, 1.54) is 40.7 Å². The Kier molecular flexibility index (Phi) is 6.35. The number of allylic oxidation sites excluding steroid dienone is 2. The molecule has 2 aliphatic rings. The molecule has 1 amide bonds. The molecule has 0 saturated carbocycles. The summed E-state index contributed by atoms with van der Waals surface area (Å²) in [5.74, 6) is 0.141. The van der Waals surface area contributed by atoms with E-state index in [9.17, 15) is 9.18 Å². The van der Waals surface area contributed by atoms with Crippen molar-refractivity contribution < 1.29 is 9.18 Å². The lowest BCUT2D eigenvalue weighted by molar-refractivity contribution is 0.0926. The summed E-state index contributed by atoms with van der Waals surface area (Å²) in [6, 6.07) is 16.5. The molecule has 0 saturated heterocycles. The molecule has 0 aliphatic heterocycles. The van der Waals surface area contributed by atoms with E-state index >= 15 is 0 Å². The Morgan fingerprint density at radius 3 is 2.61 bits per heavy atom. The maximum atomic E-state index is 13.5. The van der Waals surface area contributed by atoms with Crippen molar-refractivity contribution in [2.24, 2.45) is 5.92 Å². The highest BCUT2D eigenvalue weighted by atomic mass is 19.1. The van der Waals surface area contributed by atoms with Crippen molar-refractivity contribution in [1.82, 2.24) is 25.1 Å². The van der Waals surface area contributed by atoms with Crippen LogP contribution in [0, 0.1) is 18.7 Å². The SMILES string of the molecule is Cc1cnc(C(=O)NC(C[C@H]2CCC3=C2[C@@H](C)c2cnn(-c4ccc(F)cc4)c2C3)c2ccccc2)cn1. The quantitative estimate of drug-likeness (QED) is 0.323. The van der Waals surface area contributed by atoms with Gasteiger partial charge < -0.3 is 5.32 Å². The fourth-order valence-corrected chi connectivity index (χ4v) is 6.12. The summed E-state index contributed by atoms with van der Waals surface area (Å²) in [6.07, 6.45) is 8.89. The fraction of sp³-hybridized carbons (Fsp3) is 0.290. The molecule has 0 radical (unpaired) electrons. The predicted molar refractivity (Wildman–Crippen MR) is 143 cm³/mol.